The first-order chi connectivity index (χ1) is 12.0. The highest BCUT2D eigenvalue weighted by molar-refractivity contribution is 6.16. The molecule has 0 spiro atoms. The standard InChI is InChI=1S/C22H24N2O/c1-23(2)13-15-9-10-18-20-12-16(14-24(3)4)17-7-5-6-8-19(17)22(20)25-21(18)11-15/h5-12H,13-14H2,1-4H3. The van der Waals surface area contributed by atoms with Gasteiger partial charge in [0.05, 0.1) is 0 Å². The molecule has 0 aliphatic rings. The quantitative estimate of drug-likeness (QED) is 0.532. The van der Waals surface area contributed by atoms with Crippen LogP contribution in [0.5, 0.6) is 0 Å². The smallest absolute Gasteiger partial charge is 0.143 e. The van der Waals surface area contributed by atoms with Crippen LogP contribution in [-0.2, 0) is 13.1 Å². The maximum Gasteiger partial charge on any atom is 0.143 e. The summed E-state index contributed by atoms with van der Waals surface area (Å²) in [5, 5.41) is 4.88. The van der Waals surface area contributed by atoms with E-state index in [4.69, 9.17) is 4.42 Å². The van der Waals surface area contributed by atoms with Crippen molar-refractivity contribution in [2.75, 3.05) is 28.2 Å². The summed E-state index contributed by atoms with van der Waals surface area (Å²) in [5.74, 6) is 0. The summed E-state index contributed by atoms with van der Waals surface area (Å²) >= 11 is 0. The first kappa shape index (κ1) is 16.1. The van der Waals surface area contributed by atoms with Crippen molar-refractivity contribution in [3.63, 3.8) is 0 Å². The van der Waals surface area contributed by atoms with Crippen LogP contribution in [0.25, 0.3) is 32.7 Å². The molecule has 0 saturated heterocycles. The second kappa shape index (κ2) is 6.17. The van der Waals surface area contributed by atoms with E-state index in [0.717, 1.165) is 24.3 Å². The van der Waals surface area contributed by atoms with Crippen molar-refractivity contribution in [3.8, 4) is 0 Å². The van der Waals surface area contributed by atoms with Gasteiger partial charge in [0.2, 0.25) is 0 Å². The van der Waals surface area contributed by atoms with E-state index in [1.54, 1.807) is 0 Å². The van der Waals surface area contributed by atoms with Gasteiger partial charge in [-0.05, 0) is 56.8 Å². The predicted molar refractivity (Wildman–Crippen MR) is 106 cm³/mol. The molecule has 0 aliphatic heterocycles. The van der Waals surface area contributed by atoms with Gasteiger partial charge in [-0.15, -0.1) is 0 Å². The van der Waals surface area contributed by atoms with Gasteiger partial charge in [-0.25, -0.2) is 0 Å². The molecule has 128 valence electrons. The molecule has 1 heterocycles. The highest BCUT2D eigenvalue weighted by atomic mass is 16.3. The number of furan rings is 1. The lowest BCUT2D eigenvalue weighted by Crippen LogP contribution is -2.10. The van der Waals surface area contributed by atoms with Crippen molar-refractivity contribution in [1.29, 1.82) is 0 Å². The average Bonchev–Trinajstić information content (AvgIpc) is 2.92. The van der Waals surface area contributed by atoms with Crippen LogP contribution in [0, 0.1) is 0 Å². The summed E-state index contributed by atoms with van der Waals surface area (Å²) < 4.78 is 6.32. The zero-order valence-electron chi connectivity index (χ0n) is 15.3. The molecule has 0 amide bonds. The molecule has 0 N–H and O–H groups in total. The Hall–Kier alpha value is -2.36. The van der Waals surface area contributed by atoms with Gasteiger partial charge >= 0.3 is 0 Å². The highest BCUT2D eigenvalue weighted by Crippen LogP contribution is 2.36. The van der Waals surface area contributed by atoms with Crippen LogP contribution in [0.1, 0.15) is 11.1 Å². The molecule has 0 saturated carbocycles. The minimum Gasteiger partial charge on any atom is -0.455 e. The molecule has 3 nitrogen and oxygen atoms in total. The summed E-state index contributed by atoms with van der Waals surface area (Å²) in [6, 6.07) is 17.4. The predicted octanol–water partition coefficient (Wildman–Crippen LogP) is 4.86. The van der Waals surface area contributed by atoms with Crippen molar-refractivity contribution in [3.05, 3.63) is 59.7 Å². The fraction of sp³-hybridized carbons (Fsp3) is 0.273. The van der Waals surface area contributed by atoms with E-state index >= 15 is 0 Å². The normalized spacial score (nSPS) is 12.2. The Morgan fingerprint density at radius 2 is 1.44 bits per heavy atom. The lowest BCUT2D eigenvalue weighted by molar-refractivity contribution is 0.402. The van der Waals surface area contributed by atoms with Gasteiger partial charge in [0.15, 0.2) is 0 Å². The van der Waals surface area contributed by atoms with Crippen LogP contribution in [0.15, 0.2) is 52.9 Å². The van der Waals surface area contributed by atoms with Gasteiger partial charge in [-0.3, -0.25) is 0 Å². The highest BCUT2D eigenvalue weighted by Gasteiger charge is 2.14. The number of fused-ring (bicyclic) bond motifs is 5. The monoisotopic (exact) mass is 332 g/mol. The van der Waals surface area contributed by atoms with Crippen molar-refractivity contribution >= 4 is 32.7 Å². The Labute approximate surface area is 148 Å². The van der Waals surface area contributed by atoms with Crippen LogP contribution < -0.4 is 0 Å². The summed E-state index contributed by atoms with van der Waals surface area (Å²) in [6.45, 7) is 1.83. The van der Waals surface area contributed by atoms with Gasteiger partial charge in [0.25, 0.3) is 0 Å². The molecule has 3 aromatic carbocycles. The molecule has 0 radical (unpaired) electrons. The lowest BCUT2D eigenvalue weighted by Gasteiger charge is -2.12. The minimum atomic E-state index is 0.916. The zero-order valence-corrected chi connectivity index (χ0v) is 15.3. The van der Waals surface area contributed by atoms with Gasteiger partial charge in [-0.1, -0.05) is 36.4 Å². The number of benzene rings is 3. The zero-order chi connectivity index (χ0) is 17.6. The van der Waals surface area contributed by atoms with Crippen molar-refractivity contribution in [1.82, 2.24) is 9.80 Å². The molecular weight excluding hydrogens is 308 g/mol. The van der Waals surface area contributed by atoms with Crippen molar-refractivity contribution in [2.45, 2.75) is 13.1 Å². The first-order valence-corrected chi connectivity index (χ1v) is 8.68. The van der Waals surface area contributed by atoms with E-state index in [1.165, 1.54) is 32.7 Å². The largest absolute Gasteiger partial charge is 0.455 e. The Morgan fingerprint density at radius 1 is 0.720 bits per heavy atom. The van der Waals surface area contributed by atoms with E-state index < -0.39 is 0 Å². The molecular formula is C22H24N2O. The van der Waals surface area contributed by atoms with Crippen LogP contribution >= 0.6 is 0 Å². The van der Waals surface area contributed by atoms with Crippen LogP contribution in [0.2, 0.25) is 0 Å². The van der Waals surface area contributed by atoms with Gasteiger partial charge in [0, 0.05) is 29.2 Å². The number of rotatable bonds is 4. The molecule has 3 heteroatoms. The van der Waals surface area contributed by atoms with Gasteiger partial charge in [-0.2, -0.15) is 0 Å². The average molecular weight is 332 g/mol. The minimum absolute atomic E-state index is 0.916. The maximum absolute atomic E-state index is 6.32. The summed E-state index contributed by atoms with van der Waals surface area (Å²) in [5.41, 5.74) is 4.58. The molecule has 0 aliphatic carbocycles. The van der Waals surface area contributed by atoms with Crippen LogP contribution in [-0.4, -0.2) is 38.0 Å². The Morgan fingerprint density at radius 3 is 2.16 bits per heavy atom. The number of nitrogens with zero attached hydrogens (tertiary/aromatic N) is 2. The second-order valence-electron chi connectivity index (χ2n) is 7.37. The van der Waals surface area contributed by atoms with Gasteiger partial charge in [0.1, 0.15) is 11.2 Å². The van der Waals surface area contributed by atoms with E-state index in [2.05, 4.69) is 86.5 Å². The molecule has 0 unspecified atom stereocenters. The Bertz CT molecular complexity index is 1060. The van der Waals surface area contributed by atoms with Crippen LogP contribution in [0.4, 0.5) is 0 Å². The van der Waals surface area contributed by atoms with E-state index in [9.17, 15) is 0 Å². The fourth-order valence-electron chi connectivity index (χ4n) is 3.65. The lowest BCUT2D eigenvalue weighted by atomic mass is 9.99. The van der Waals surface area contributed by atoms with Gasteiger partial charge < -0.3 is 14.2 Å². The first-order valence-electron chi connectivity index (χ1n) is 8.68. The van der Waals surface area contributed by atoms with Crippen molar-refractivity contribution in [2.24, 2.45) is 0 Å². The molecule has 0 atom stereocenters. The van der Waals surface area contributed by atoms with E-state index in [0.29, 0.717) is 0 Å². The molecule has 0 fully saturated rings. The third-order valence-electron chi connectivity index (χ3n) is 4.61. The molecule has 25 heavy (non-hydrogen) atoms. The summed E-state index contributed by atoms with van der Waals surface area (Å²) in [4.78, 5) is 4.39. The molecule has 4 rings (SSSR count). The number of hydrogen-bond acceptors (Lipinski definition) is 3. The molecule has 1 aromatic heterocycles. The summed E-state index contributed by atoms with van der Waals surface area (Å²) in [6.07, 6.45) is 0. The Balaban J connectivity index is 2.01. The third kappa shape index (κ3) is 2.90. The Kier molecular flexibility index (Phi) is 3.98. The van der Waals surface area contributed by atoms with E-state index in [1.807, 2.05) is 0 Å². The third-order valence-corrected chi connectivity index (χ3v) is 4.61. The fourth-order valence-corrected chi connectivity index (χ4v) is 3.65. The van der Waals surface area contributed by atoms with Crippen LogP contribution in [0.3, 0.4) is 0 Å². The topological polar surface area (TPSA) is 19.6 Å². The summed E-state index contributed by atoms with van der Waals surface area (Å²) in [7, 11) is 8.40. The second-order valence-corrected chi connectivity index (χ2v) is 7.37. The molecule has 4 aromatic rings. The maximum atomic E-state index is 6.32. The molecule has 0 bridgehead atoms. The SMILES string of the molecule is CN(C)Cc1ccc2c(c1)oc1c3ccccc3c(CN(C)C)cc21. The van der Waals surface area contributed by atoms with Crippen molar-refractivity contribution < 1.29 is 4.42 Å². The van der Waals surface area contributed by atoms with E-state index in [-0.39, 0.29) is 0 Å². The number of hydrogen-bond donors (Lipinski definition) is 0.